The summed E-state index contributed by atoms with van der Waals surface area (Å²) in [5.41, 5.74) is 4.35. The zero-order valence-electron chi connectivity index (χ0n) is 22.7. The maximum Gasteiger partial charge on any atom is 0.313 e. The average molecular weight is 507 g/mol. The summed E-state index contributed by atoms with van der Waals surface area (Å²) in [6, 6.07) is 12.5. The quantitative estimate of drug-likeness (QED) is 0.133. The summed E-state index contributed by atoms with van der Waals surface area (Å²) in [5.74, 6) is 8.60. The first-order chi connectivity index (χ1) is 17.4. The minimum absolute atomic E-state index is 0.0807. The zero-order valence-corrected chi connectivity index (χ0v) is 23.6. The number of thioether (sulfide) groups is 1. The molecule has 0 bridgehead atoms. The summed E-state index contributed by atoms with van der Waals surface area (Å²) in [5, 5.41) is 0. The van der Waals surface area contributed by atoms with Gasteiger partial charge in [-0.1, -0.05) is 77.4 Å². The van der Waals surface area contributed by atoms with Gasteiger partial charge in [0.15, 0.2) is 0 Å². The van der Waals surface area contributed by atoms with E-state index >= 15 is 0 Å². The van der Waals surface area contributed by atoms with Gasteiger partial charge < -0.3 is 9.47 Å². The van der Waals surface area contributed by atoms with Crippen LogP contribution in [0, 0.1) is 11.8 Å². The van der Waals surface area contributed by atoms with Crippen LogP contribution in [0.4, 0.5) is 0 Å². The van der Waals surface area contributed by atoms with E-state index in [1.54, 1.807) is 0 Å². The van der Waals surface area contributed by atoms with E-state index in [-0.39, 0.29) is 17.3 Å². The second-order valence-electron chi connectivity index (χ2n) is 10.2. The fourth-order valence-corrected chi connectivity index (χ4v) is 5.60. The predicted octanol–water partition coefficient (Wildman–Crippen LogP) is 8.27. The van der Waals surface area contributed by atoms with Crippen molar-refractivity contribution in [3.63, 3.8) is 0 Å². The van der Waals surface area contributed by atoms with Crippen molar-refractivity contribution in [2.45, 2.75) is 95.8 Å². The van der Waals surface area contributed by atoms with E-state index in [4.69, 9.17) is 9.47 Å². The van der Waals surface area contributed by atoms with Gasteiger partial charge >= 0.3 is 5.97 Å². The van der Waals surface area contributed by atoms with Gasteiger partial charge in [-0.3, -0.25) is 4.79 Å². The molecule has 0 saturated heterocycles. The highest BCUT2D eigenvalue weighted by Crippen LogP contribution is 2.42. The predicted molar refractivity (Wildman–Crippen MR) is 151 cm³/mol. The van der Waals surface area contributed by atoms with Gasteiger partial charge in [0.1, 0.15) is 5.75 Å². The second-order valence-corrected chi connectivity index (χ2v) is 11.3. The van der Waals surface area contributed by atoms with Gasteiger partial charge in [-0.25, -0.2) is 0 Å². The molecule has 1 aliphatic heterocycles. The van der Waals surface area contributed by atoms with Gasteiger partial charge in [0.2, 0.25) is 0 Å². The van der Waals surface area contributed by atoms with Gasteiger partial charge in [-0.05, 0) is 67.2 Å². The van der Waals surface area contributed by atoms with Crippen LogP contribution in [0.15, 0.2) is 41.3 Å². The van der Waals surface area contributed by atoms with Crippen LogP contribution in [0.2, 0.25) is 0 Å². The smallest absolute Gasteiger partial charge is 0.313 e. The standard InChI is InChI=1S/C32H42O3S/c1-6-9-10-11-21-36-30-23-29-28(32(4,5)19-20-35-29)22-26(30)18-15-24-13-16-25(17-14-24)27(12-7-2)31(33)34-8-3/h13-14,16-17,22-23,27H,6-12,19-21H2,1-5H3. The number of fused-ring (bicyclic) bond motifs is 1. The van der Waals surface area contributed by atoms with Crippen molar-refractivity contribution >= 4 is 17.7 Å². The van der Waals surface area contributed by atoms with Crippen LogP contribution in [0.3, 0.4) is 0 Å². The fourth-order valence-electron chi connectivity index (χ4n) is 4.58. The molecule has 3 rings (SSSR count). The van der Waals surface area contributed by atoms with E-state index in [1.807, 2.05) is 43.0 Å². The van der Waals surface area contributed by atoms with Crippen LogP contribution in [0.25, 0.3) is 0 Å². The van der Waals surface area contributed by atoms with Gasteiger partial charge in [0.05, 0.1) is 19.1 Å². The molecule has 0 N–H and O–H groups in total. The topological polar surface area (TPSA) is 35.5 Å². The molecule has 2 aromatic carbocycles. The third-order valence-corrected chi connectivity index (χ3v) is 8.00. The number of carbonyl (C=O) groups excluding carboxylic acids is 1. The molecule has 0 amide bonds. The number of carbonyl (C=O) groups is 1. The van der Waals surface area contributed by atoms with Crippen LogP contribution in [-0.2, 0) is 14.9 Å². The lowest BCUT2D eigenvalue weighted by atomic mass is 9.79. The highest BCUT2D eigenvalue weighted by Gasteiger charge is 2.29. The summed E-state index contributed by atoms with van der Waals surface area (Å²) in [6.45, 7) is 11.9. The number of unbranched alkanes of at least 4 members (excludes halogenated alkanes) is 3. The number of hydrogen-bond acceptors (Lipinski definition) is 4. The normalized spacial score (nSPS) is 14.7. The van der Waals surface area contributed by atoms with Gasteiger partial charge in [0.25, 0.3) is 0 Å². The highest BCUT2D eigenvalue weighted by molar-refractivity contribution is 7.99. The number of esters is 1. The lowest BCUT2D eigenvalue weighted by Gasteiger charge is -2.33. The molecular weight excluding hydrogens is 464 g/mol. The number of rotatable bonds is 11. The summed E-state index contributed by atoms with van der Waals surface area (Å²) < 4.78 is 11.4. The van der Waals surface area contributed by atoms with Crippen molar-refractivity contribution in [1.29, 1.82) is 0 Å². The molecule has 0 radical (unpaired) electrons. The van der Waals surface area contributed by atoms with E-state index < -0.39 is 0 Å². The first kappa shape index (κ1) is 28.2. The molecule has 1 atom stereocenters. The average Bonchev–Trinajstić information content (AvgIpc) is 2.86. The van der Waals surface area contributed by atoms with Crippen LogP contribution in [-0.4, -0.2) is 24.9 Å². The van der Waals surface area contributed by atoms with E-state index in [2.05, 4.69) is 51.7 Å². The summed E-state index contributed by atoms with van der Waals surface area (Å²) in [4.78, 5) is 13.6. The monoisotopic (exact) mass is 506 g/mol. The molecule has 0 aromatic heterocycles. The van der Waals surface area contributed by atoms with Gasteiger partial charge in [-0.15, -0.1) is 11.8 Å². The van der Waals surface area contributed by atoms with Crippen molar-refractivity contribution in [1.82, 2.24) is 0 Å². The molecule has 3 nitrogen and oxygen atoms in total. The lowest BCUT2D eigenvalue weighted by Crippen LogP contribution is -2.26. The third-order valence-electron chi connectivity index (χ3n) is 6.85. The molecular formula is C32H42O3S. The van der Waals surface area contributed by atoms with Crippen molar-refractivity contribution in [2.24, 2.45) is 0 Å². The van der Waals surface area contributed by atoms with Gasteiger partial charge in [0, 0.05) is 21.6 Å². The van der Waals surface area contributed by atoms with Crippen molar-refractivity contribution < 1.29 is 14.3 Å². The Morgan fingerprint density at radius 2 is 1.83 bits per heavy atom. The Labute approximate surface area is 222 Å². The van der Waals surface area contributed by atoms with Gasteiger partial charge in [-0.2, -0.15) is 0 Å². The molecule has 1 heterocycles. The highest BCUT2D eigenvalue weighted by atomic mass is 32.2. The first-order valence-electron chi connectivity index (χ1n) is 13.6. The molecule has 0 fully saturated rings. The Morgan fingerprint density at radius 3 is 2.53 bits per heavy atom. The largest absolute Gasteiger partial charge is 0.493 e. The van der Waals surface area contributed by atoms with E-state index in [0.29, 0.717) is 6.61 Å². The number of hydrogen-bond donors (Lipinski definition) is 0. The zero-order chi connectivity index (χ0) is 26.0. The van der Waals surface area contributed by atoms with E-state index in [9.17, 15) is 4.79 Å². The van der Waals surface area contributed by atoms with E-state index in [1.165, 1.54) is 36.1 Å². The molecule has 1 unspecified atom stereocenters. The van der Waals surface area contributed by atoms with Crippen molar-refractivity contribution in [3.05, 3.63) is 58.7 Å². The SMILES string of the molecule is CCCCCCSc1cc2c(cc1C#Cc1ccc(C(CCC)C(=O)OCC)cc1)C(C)(C)CCO2. The summed E-state index contributed by atoms with van der Waals surface area (Å²) >= 11 is 1.89. The fraction of sp³-hybridized carbons (Fsp3) is 0.531. The van der Waals surface area contributed by atoms with Crippen molar-refractivity contribution in [3.8, 4) is 17.6 Å². The number of ether oxygens (including phenoxy) is 2. The maximum absolute atomic E-state index is 12.4. The molecule has 1 aliphatic rings. The van der Waals surface area contributed by atoms with Crippen LogP contribution in [0.5, 0.6) is 5.75 Å². The molecule has 4 heteroatoms. The van der Waals surface area contributed by atoms with Crippen molar-refractivity contribution in [2.75, 3.05) is 19.0 Å². The lowest BCUT2D eigenvalue weighted by molar-refractivity contribution is -0.145. The molecule has 0 spiro atoms. The molecule has 2 aromatic rings. The minimum Gasteiger partial charge on any atom is -0.493 e. The Bertz CT molecular complexity index is 1060. The summed E-state index contributed by atoms with van der Waals surface area (Å²) in [6.07, 6.45) is 7.77. The van der Waals surface area contributed by atoms with E-state index in [0.717, 1.165) is 54.1 Å². The molecule has 0 saturated carbocycles. The number of benzene rings is 2. The minimum atomic E-state index is -0.212. The Balaban J connectivity index is 1.86. The second kappa shape index (κ2) is 13.8. The molecule has 0 aliphatic carbocycles. The summed E-state index contributed by atoms with van der Waals surface area (Å²) in [7, 11) is 0. The molecule has 36 heavy (non-hydrogen) atoms. The first-order valence-corrected chi connectivity index (χ1v) is 14.6. The third kappa shape index (κ3) is 7.56. The Kier molecular flexibility index (Phi) is 10.8. The Morgan fingerprint density at radius 1 is 1.06 bits per heavy atom. The molecule has 194 valence electrons. The van der Waals surface area contributed by atoms with Crippen LogP contribution >= 0.6 is 11.8 Å². The Hall–Kier alpha value is -2.38. The maximum atomic E-state index is 12.4. The van der Waals surface area contributed by atoms with Crippen LogP contribution in [0.1, 0.15) is 108 Å². The van der Waals surface area contributed by atoms with Crippen LogP contribution < -0.4 is 4.74 Å².